The van der Waals surface area contributed by atoms with Crippen LogP contribution in [0.2, 0.25) is 0 Å². The van der Waals surface area contributed by atoms with Gasteiger partial charge >= 0.3 is 0 Å². The van der Waals surface area contributed by atoms with Gasteiger partial charge in [0.05, 0.1) is 10.6 Å². The number of hydrogen-bond acceptors (Lipinski definition) is 9. The molecular formula is C21H25N5O5S2. The lowest BCUT2D eigenvalue weighted by atomic mass is 10.1. The molecule has 1 amide bonds. The molecular weight excluding hydrogens is 466 g/mol. The van der Waals surface area contributed by atoms with Crippen molar-refractivity contribution in [1.82, 2.24) is 14.8 Å². The minimum Gasteiger partial charge on any atom is -0.389 e. The van der Waals surface area contributed by atoms with Crippen molar-refractivity contribution in [3.8, 4) is 0 Å². The average Bonchev–Trinajstić information content (AvgIpc) is 3.38. The summed E-state index contributed by atoms with van der Waals surface area (Å²) < 4.78 is 31.5. The second-order valence-electron chi connectivity index (χ2n) is 7.11. The zero-order valence-corrected chi connectivity index (χ0v) is 20.1. The van der Waals surface area contributed by atoms with Gasteiger partial charge in [-0.05, 0) is 31.5 Å². The van der Waals surface area contributed by atoms with Gasteiger partial charge in [0, 0.05) is 43.6 Å². The van der Waals surface area contributed by atoms with E-state index >= 15 is 0 Å². The first-order valence-electron chi connectivity index (χ1n) is 10.0. The van der Waals surface area contributed by atoms with E-state index in [9.17, 15) is 13.2 Å². The number of carbonyl (C=O) groups is 1. The molecule has 0 aliphatic rings. The van der Waals surface area contributed by atoms with E-state index < -0.39 is 15.7 Å². The molecule has 1 aromatic carbocycles. The van der Waals surface area contributed by atoms with Gasteiger partial charge in [-0.3, -0.25) is 14.8 Å². The van der Waals surface area contributed by atoms with E-state index in [-0.39, 0.29) is 23.0 Å². The highest BCUT2D eigenvalue weighted by atomic mass is 32.2. The number of nitrogens with zero attached hydrogens (tertiary/aromatic N) is 4. The highest BCUT2D eigenvalue weighted by molar-refractivity contribution is 7.91. The number of rotatable bonds is 11. The minimum absolute atomic E-state index is 0.0119. The highest BCUT2D eigenvalue weighted by Gasteiger charge is 2.19. The largest absolute Gasteiger partial charge is 0.389 e. The molecule has 1 N–H and O–H groups in total. The first kappa shape index (κ1) is 24.6. The molecule has 0 radical (unpaired) electrons. The summed E-state index contributed by atoms with van der Waals surface area (Å²) in [4.78, 5) is 23.5. The number of ether oxygens (including phenoxy) is 1. The normalized spacial score (nSPS) is 12.0. The Kier molecular flexibility index (Phi) is 8.31. The number of methoxy groups -OCH3 is 1. The van der Waals surface area contributed by atoms with E-state index in [1.165, 1.54) is 42.7 Å². The van der Waals surface area contributed by atoms with Crippen LogP contribution < -0.4 is 5.32 Å². The number of thiazole rings is 1. The molecule has 33 heavy (non-hydrogen) atoms. The quantitative estimate of drug-likeness (QED) is 0.248. The van der Waals surface area contributed by atoms with E-state index in [1.807, 2.05) is 6.92 Å². The van der Waals surface area contributed by atoms with E-state index in [0.29, 0.717) is 29.4 Å². The van der Waals surface area contributed by atoms with E-state index in [0.717, 1.165) is 4.88 Å². The van der Waals surface area contributed by atoms with Gasteiger partial charge in [0.2, 0.25) is 0 Å². The summed E-state index contributed by atoms with van der Waals surface area (Å²) in [5.74, 6) is -0.556. The SMILES string of the molecule is COCCCS(=O)(=O)c1ccc(/C(=N\OCc2ccn(C)n2)C(=O)Nc2ncc(C)s2)cc1. The van der Waals surface area contributed by atoms with Gasteiger partial charge in [0.25, 0.3) is 5.91 Å². The number of nitrogens with one attached hydrogen (secondary N) is 1. The molecule has 0 atom stereocenters. The Bertz CT molecular complexity index is 1220. The smallest absolute Gasteiger partial charge is 0.280 e. The molecule has 0 unspecified atom stereocenters. The van der Waals surface area contributed by atoms with Crippen molar-refractivity contribution >= 4 is 37.9 Å². The standard InChI is InChI=1S/C21H25N5O5S2/c1-15-13-22-21(32-15)23-20(27)19(25-31-14-17-9-10-26(2)24-17)16-5-7-18(8-6-16)33(28,29)12-4-11-30-3/h5-10,13H,4,11-12,14H2,1-3H3,(H,22,23,27)/b25-19+. The molecule has 0 bridgehead atoms. The molecule has 12 heteroatoms. The Labute approximate surface area is 196 Å². The molecule has 2 aromatic heterocycles. The highest BCUT2D eigenvalue weighted by Crippen LogP contribution is 2.18. The fourth-order valence-electron chi connectivity index (χ4n) is 2.83. The molecule has 176 valence electrons. The number of carbonyl (C=O) groups excluding carboxylic acids is 1. The molecule has 0 aliphatic carbocycles. The van der Waals surface area contributed by atoms with Crippen LogP contribution in [0.4, 0.5) is 5.13 Å². The molecule has 3 rings (SSSR count). The number of hydrogen-bond donors (Lipinski definition) is 1. The first-order valence-corrected chi connectivity index (χ1v) is 12.5. The Morgan fingerprint density at radius 2 is 2.00 bits per heavy atom. The molecule has 0 saturated carbocycles. The topological polar surface area (TPSA) is 125 Å². The van der Waals surface area contributed by atoms with Gasteiger partial charge in [0.15, 0.2) is 27.3 Å². The third-order valence-corrected chi connectivity index (χ3v) is 7.09. The summed E-state index contributed by atoms with van der Waals surface area (Å²) >= 11 is 1.33. The molecule has 0 spiro atoms. The van der Waals surface area contributed by atoms with Crippen LogP contribution in [0.5, 0.6) is 0 Å². The summed E-state index contributed by atoms with van der Waals surface area (Å²) in [7, 11) is -0.154. The fraction of sp³-hybridized carbons (Fsp3) is 0.333. The van der Waals surface area contributed by atoms with Crippen LogP contribution in [0.25, 0.3) is 0 Å². The third kappa shape index (κ3) is 6.94. The van der Waals surface area contributed by atoms with Crippen molar-refractivity contribution in [2.75, 3.05) is 24.8 Å². The molecule has 2 heterocycles. The molecule has 0 fully saturated rings. The lowest BCUT2D eigenvalue weighted by molar-refractivity contribution is -0.110. The number of oxime groups is 1. The summed E-state index contributed by atoms with van der Waals surface area (Å²) in [5.41, 5.74) is 1.04. The number of benzene rings is 1. The summed E-state index contributed by atoms with van der Waals surface area (Å²) in [6, 6.07) is 7.73. The van der Waals surface area contributed by atoms with E-state index in [4.69, 9.17) is 9.57 Å². The van der Waals surface area contributed by atoms with Crippen molar-refractivity contribution in [3.63, 3.8) is 0 Å². The number of aryl methyl sites for hydroxylation is 2. The van der Waals surface area contributed by atoms with Gasteiger partial charge in [0.1, 0.15) is 5.69 Å². The van der Waals surface area contributed by atoms with Crippen molar-refractivity contribution in [1.29, 1.82) is 0 Å². The van der Waals surface area contributed by atoms with Gasteiger partial charge in [-0.1, -0.05) is 17.3 Å². The number of anilines is 1. The lowest BCUT2D eigenvalue weighted by Gasteiger charge is -2.08. The third-order valence-electron chi connectivity index (χ3n) is 4.44. The van der Waals surface area contributed by atoms with Crippen molar-refractivity contribution in [2.24, 2.45) is 12.2 Å². The van der Waals surface area contributed by atoms with Crippen molar-refractivity contribution in [3.05, 3.63) is 58.9 Å². The summed E-state index contributed by atoms with van der Waals surface area (Å²) in [6.45, 7) is 2.31. The second-order valence-corrected chi connectivity index (χ2v) is 10.5. The van der Waals surface area contributed by atoms with Gasteiger partial charge < -0.3 is 9.57 Å². The van der Waals surface area contributed by atoms with Crippen LogP contribution in [0.15, 0.2) is 52.8 Å². The number of sulfone groups is 1. The first-order chi connectivity index (χ1) is 15.8. The van der Waals surface area contributed by atoms with Crippen LogP contribution in [0, 0.1) is 6.92 Å². The van der Waals surface area contributed by atoms with Crippen LogP contribution in [0.3, 0.4) is 0 Å². The predicted molar refractivity (Wildman–Crippen MR) is 125 cm³/mol. The average molecular weight is 492 g/mol. The monoisotopic (exact) mass is 491 g/mol. The van der Waals surface area contributed by atoms with Gasteiger partial charge in [-0.25, -0.2) is 13.4 Å². The molecule has 10 nitrogen and oxygen atoms in total. The molecule has 0 saturated heterocycles. The van der Waals surface area contributed by atoms with E-state index in [2.05, 4.69) is 20.6 Å². The maximum atomic E-state index is 12.9. The molecule has 3 aromatic rings. The summed E-state index contributed by atoms with van der Waals surface area (Å²) in [6.07, 6.45) is 3.81. The Balaban J connectivity index is 1.81. The van der Waals surface area contributed by atoms with Crippen molar-refractivity contribution in [2.45, 2.75) is 24.8 Å². The van der Waals surface area contributed by atoms with Crippen LogP contribution in [-0.2, 0) is 37.9 Å². The predicted octanol–water partition coefficient (Wildman–Crippen LogP) is 2.55. The summed E-state index contributed by atoms with van der Waals surface area (Å²) in [5, 5.41) is 11.3. The fourth-order valence-corrected chi connectivity index (χ4v) is 4.77. The van der Waals surface area contributed by atoms with Crippen LogP contribution in [-0.4, -0.2) is 54.3 Å². The van der Waals surface area contributed by atoms with Crippen LogP contribution >= 0.6 is 11.3 Å². The van der Waals surface area contributed by atoms with E-state index in [1.54, 1.807) is 30.2 Å². The van der Waals surface area contributed by atoms with Crippen molar-refractivity contribution < 1.29 is 22.8 Å². The zero-order valence-electron chi connectivity index (χ0n) is 18.5. The Hall–Kier alpha value is -3.09. The zero-order chi connectivity index (χ0) is 23.8. The minimum atomic E-state index is -3.46. The number of amides is 1. The van der Waals surface area contributed by atoms with Crippen LogP contribution in [0.1, 0.15) is 22.6 Å². The maximum absolute atomic E-state index is 12.9. The second kappa shape index (κ2) is 11.2. The maximum Gasteiger partial charge on any atom is 0.280 e. The lowest BCUT2D eigenvalue weighted by Crippen LogP contribution is -2.24. The Morgan fingerprint density at radius 3 is 2.61 bits per heavy atom. The number of aromatic nitrogens is 3. The Morgan fingerprint density at radius 1 is 1.24 bits per heavy atom. The van der Waals surface area contributed by atoms with Gasteiger partial charge in [-0.15, -0.1) is 11.3 Å². The molecule has 0 aliphatic heterocycles. The van der Waals surface area contributed by atoms with Gasteiger partial charge in [-0.2, -0.15) is 5.10 Å².